The SMILES string of the molecule is Cc1cc(C)nc(CC(=O)NN)n1. The summed E-state index contributed by atoms with van der Waals surface area (Å²) in [6.45, 7) is 3.72. The van der Waals surface area contributed by atoms with Crippen LogP contribution in [0.2, 0.25) is 0 Å². The smallest absolute Gasteiger partial charge is 0.241 e. The average Bonchev–Trinajstić information content (AvgIpc) is 2.02. The first-order chi connectivity index (χ1) is 6.11. The van der Waals surface area contributed by atoms with Gasteiger partial charge in [0.2, 0.25) is 5.91 Å². The summed E-state index contributed by atoms with van der Waals surface area (Å²) in [6, 6.07) is 1.85. The Hall–Kier alpha value is -1.49. The normalized spacial score (nSPS) is 9.77. The maximum absolute atomic E-state index is 10.9. The van der Waals surface area contributed by atoms with Gasteiger partial charge in [0.05, 0.1) is 6.42 Å². The minimum Gasteiger partial charge on any atom is -0.294 e. The molecule has 0 spiro atoms. The summed E-state index contributed by atoms with van der Waals surface area (Å²) < 4.78 is 0. The third kappa shape index (κ3) is 2.79. The van der Waals surface area contributed by atoms with E-state index in [1.807, 2.05) is 25.3 Å². The van der Waals surface area contributed by atoms with Crippen molar-refractivity contribution in [3.8, 4) is 0 Å². The first kappa shape index (κ1) is 9.60. The molecule has 0 aliphatic carbocycles. The van der Waals surface area contributed by atoms with Crippen molar-refractivity contribution in [1.29, 1.82) is 0 Å². The van der Waals surface area contributed by atoms with Crippen LogP contribution in [0.5, 0.6) is 0 Å². The number of hydrazine groups is 1. The van der Waals surface area contributed by atoms with Crippen LogP contribution in [0.3, 0.4) is 0 Å². The first-order valence-corrected chi connectivity index (χ1v) is 3.92. The van der Waals surface area contributed by atoms with Crippen molar-refractivity contribution in [3.05, 3.63) is 23.3 Å². The highest BCUT2D eigenvalue weighted by molar-refractivity contribution is 5.76. The minimum atomic E-state index is -0.287. The van der Waals surface area contributed by atoms with Crippen molar-refractivity contribution in [2.45, 2.75) is 20.3 Å². The number of nitrogens with zero attached hydrogens (tertiary/aromatic N) is 2. The molecule has 1 aromatic rings. The maximum Gasteiger partial charge on any atom is 0.241 e. The van der Waals surface area contributed by atoms with Gasteiger partial charge in [0.25, 0.3) is 0 Å². The number of amides is 1. The third-order valence-corrected chi connectivity index (χ3v) is 1.51. The number of nitrogens with two attached hydrogens (primary N) is 1. The van der Waals surface area contributed by atoms with Crippen molar-refractivity contribution >= 4 is 5.91 Å². The number of aryl methyl sites for hydroxylation is 2. The summed E-state index contributed by atoms with van der Waals surface area (Å²) in [5.74, 6) is 5.15. The molecule has 5 nitrogen and oxygen atoms in total. The minimum absolute atomic E-state index is 0.124. The quantitative estimate of drug-likeness (QED) is 0.369. The van der Waals surface area contributed by atoms with Crippen molar-refractivity contribution in [2.24, 2.45) is 5.84 Å². The summed E-state index contributed by atoms with van der Waals surface area (Å²) in [7, 11) is 0. The van der Waals surface area contributed by atoms with E-state index < -0.39 is 0 Å². The van der Waals surface area contributed by atoms with E-state index in [4.69, 9.17) is 5.84 Å². The van der Waals surface area contributed by atoms with Gasteiger partial charge in [0.15, 0.2) is 0 Å². The molecule has 1 amide bonds. The lowest BCUT2D eigenvalue weighted by Crippen LogP contribution is -2.32. The molecule has 0 aromatic carbocycles. The van der Waals surface area contributed by atoms with E-state index >= 15 is 0 Å². The van der Waals surface area contributed by atoms with Crippen molar-refractivity contribution in [1.82, 2.24) is 15.4 Å². The summed E-state index contributed by atoms with van der Waals surface area (Å²) in [5.41, 5.74) is 3.74. The fraction of sp³-hybridized carbons (Fsp3) is 0.375. The molecule has 0 saturated heterocycles. The monoisotopic (exact) mass is 180 g/mol. The van der Waals surface area contributed by atoms with Gasteiger partial charge >= 0.3 is 0 Å². The second-order valence-electron chi connectivity index (χ2n) is 2.81. The van der Waals surface area contributed by atoms with Gasteiger partial charge in [-0.1, -0.05) is 0 Å². The Bertz CT molecular complexity index is 304. The molecule has 0 bridgehead atoms. The summed E-state index contributed by atoms with van der Waals surface area (Å²) >= 11 is 0. The predicted octanol–water partition coefficient (Wildman–Crippen LogP) is -0.374. The lowest BCUT2D eigenvalue weighted by atomic mass is 10.3. The van der Waals surface area contributed by atoms with Crippen LogP contribution in [0.15, 0.2) is 6.07 Å². The zero-order chi connectivity index (χ0) is 9.84. The summed E-state index contributed by atoms with van der Waals surface area (Å²) in [5, 5.41) is 0. The van der Waals surface area contributed by atoms with E-state index in [-0.39, 0.29) is 12.3 Å². The highest BCUT2D eigenvalue weighted by Gasteiger charge is 2.04. The molecule has 1 rings (SSSR count). The average molecular weight is 180 g/mol. The van der Waals surface area contributed by atoms with E-state index in [1.165, 1.54) is 0 Å². The number of aromatic nitrogens is 2. The number of hydrogen-bond acceptors (Lipinski definition) is 4. The molecule has 5 heteroatoms. The lowest BCUT2D eigenvalue weighted by molar-refractivity contribution is -0.120. The van der Waals surface area contributed by atoms with Gasteiger partial charge in [-0.05, 0) is 19.9 Å². The van der Waals surface area contributed by atoms with Crippen LogP contribution >= 0.6 is 0 Å². The molecular weight excluding hydrogens is 168 g/mol. The van der Waals surface area contributed by atoms with E-state index in [2.05, 4.69) is 9.97 Å². The number of carbonyl (C=O) groups excluding carboxylic acids is 1. The van der Waals surface area contributed by atoms with Gasteiger partial charge in [-0.15, -0.1) is 0 Å². The van der Waals surface area contributed by atoms with Gasteiger partial charge in [-0.3, -0.25) is 10.2 Å². The van der Waals surface area contributed by atoms with Crippen LogP contribution in [0.4, 0.5) is 0 Å². The molecule has 3 N–H and O–H groups in total. The summed E-state index contributed by atoms with van der Waals surface area (Å²) in [4.78, 5) is 19.1. The fourth-order valence-corrected chi connectivity index (χ4v) is 1.07. The molecule has 0 unspecified atom stereocenters. The molecule has 1 heterocycles. The topological polar surface area (TPSA) is 80.9 Å². The highest BCUT2D eigenvalue weighted by Crippen LogP contribution is 1.99. The van der Waals surface area contributed by atoms with Crippen LogP contribution in [0, 0.1) is 13.8 Å². The van der Waals surface area contributed by atoms with Crippen LogP contribution in [0.1, 0.15) is 17.2 Å². The molecule has 13 heavy (non-hydrogen) atoms. The summed E-state index contributed by atoms with van der Waals surface area (Å²) in [6.07, 6.45) is 0.124. The Morgan fingerprint density at radius 3 is 2.46 bits per heavy atom. The maximum atomic E-state index is 10.9. The molecular formula is C8H12N4O. The second-order valence-corrected chi connectivity index (χ2v) is 2.81. The van der Waals surface area contributed by atoms with Crippen LogP contribution in [0.25, 0.3) is 0 Å². The Labute approximate surface area is 76.4 Å². The molecule has 0 aliphatic rings. The number of carbonyl (C=O) groups is 1. The van der Waals surface area contributed by atoms with Gasteiger partial charge < -0.3 is 0 Å². The van der Waals surface area contributed by atoms with Gasteiger partial charge in [0, 0.05) is 11.4 Å². The van der Waals surface area contributed by atoms with E-state index in [0.29, 0.717) is 5.82 Å². The first-order valence-electron chi connectivity index (χ1n) is 3.92. The Kier molecular flexibility index (Phi) is 2.92. The van der Waals surface area contributed by atoms with Crippen molar-refractivity contribution in [2.75, 3.05) is 0 Å². The third-order valence-electron chi connectivity index (χ3n) is 1.51. The molecule has 0 radical (unpaired) electrons. The number of nitrogens with one attached hydrogen (secondary N) is 1. The zero-order valence-electron chi connectivity index (χ0n) is 7.66. The van der Waals surface area contributed by atoms with E-state index in [1.54, 1.807) is 0 Å². The molecule has 0 fully saturated rings. The van der Waals surface area contributed by atoms with E-state index in [0.717, 1.165) is 11.4 Å². The molecule has 70 valence electrons. The second kappa shape index (κ2) is 3.95. The van der Waals surface area contributed by atoms with Gasteiger partial charge in [-0.2, -0.15) is 0 Å². The largest absolute Gasteiger partial charge is 0.294 e. The predicted molar refractivity (Wildman–Crippen MR) is 47.5 cm³/mol. The molecule has 1 aromatic heterocycles. The fourth-order valence-electron chi connectivity index (χ4n) is 1.07. The Balaban J connectivity index is 2.83. The Morgan fingerprint density at radius 2 is 2.00 bits per heavy atom. The van der Waals surface area contributed by atoms with Crippen LogP contribution in [-0.4, -0.2) is 15.9 Å². The van der Waals surface area contributed by atoms with Crippen LogP contribution in [-0.2, 0) is 11.2 Å². The standard InChI is InChI=1S/C8H12N4O/c1-5-3-6(2)11-7(10-5)4-8(13)12-9/h3H,4,9H2,1-2H3,(H,12,13). The molecule has 0 saturated carbocycles. The number of hydrogen-bond donors (Lipinski definition) is 2. The van der Waals surface area contributed by atoms with Crippen LogP contribution < -0.4 is 11.3 Å². The zero-order valence-corrected chi connectivity index (χ0v) is 7.66. The number of rotatable bonds is 2. The van der Waals surface area contributed by atoms with Crippen molar-refractivity contribution in [3.63, 3.8) is 0 Å². The van der Waals surface area contributed by atoms with E-state index in [9.17, 15) is 4.79 Å². The molecule has 0 aliphatic heterocycles. The Morgan fingerprint density at radius 1 is 1.46 bits per heavy atom. The lowest BCUT2D eigenvalue weighted by Gasteiger charge is -2.01. The highest BCUT2D eigenvalue weighted by atomic mass is 16.2. The molecule has 0 atom stereocenters. The van der Waals surface area contributed by atoms with Gasteiger partial charge in [0.1, 0.15) is 5.82 Å². The van der Waals surface area contributed by atoms with Crippen molar-refractivity contribution < 1.29 is 4.79 Å². The van der Waals surface area contributed by atoms with Gasteiger partial charge in [-0.25, -0.2) is 15.8 Å².